The summed E-state index contributed by atoms with van der Waals surface area (Å²) in [6.45, 7) is 3.85. The van der Waals surface area contributed by atoms with Crippen LogP contribution in [0.25, 0.3) is 0 Å². The number of nitrogens with one attached hydrogen (secondary N) is 2. The second-order valence-corrected chi connectivity index (χ2v) is 6.47. The highest BCUT2D eigenvalue weighted by atomic mass is 35.5. The molecular weight excluding hydrogens is 384 g/mol. The number of aryl methyl sites for hydroxylation is 2. The number of ether oxygens (including phenoxy) is 1. The van der Waals surface area contributed by atoms with Gasteiger partial charge in [0, 0.05) is 24.8 Å². The maximum Gasteiger partial charge on any atom is 0.343 e. The number of halogens is 1. The van der Waals surface area contributed by atoms with Crippen molar-refractivity contribution in [3.8, 4) is 0 Å². The van der Waals surface area contributed by atoms with Crippen molar-refractivity contribution in [3.63, 3.8) is 0 Å². The van der Waals surface area contributed by atoms with Crippen molar-refractivity contribution in [2.45, 2.75) is 33.2 Å². The van der Waals surface area contributed by atoms with Crippen molar-refractivity contribution in [1.29, 1.82) is 0 Å². The Kier molecular flexibility index (Phi) is 7.57. The van der Waals surface area contributed by atoms with Crippen molar-refractivity contribution in [3.05, 3.63) is 46.2 Å². The molecule has 1 aromatic carbocycles. The van der Waals surface area contributed by atoms with Crippen molar-refractivity contribution in [1.82, 2.24) is 15.1 Å². The summed E-state index contributed by atoms with van der Waals surface area (Å²) in [5.74, 6) is -1.43. The number of rotatable bonds is 8. The zero-order valence-electron chi connectivity index (χ0n) is 16.0. The fourth-order valence-electron chi connectivity index (χ4n) is 2.49. The maximum atomic E-state index is 12.3. The SMILES string of the molecule is CCCCn1nc(C)c(C(=O)OCC(=O)Nc2ccc(C(=O)NC)cc2)c1Cl. The first kappa shape index (κ1) is 21.4. The Morgan fingerprint density at radius 2 is 1.89 bits per heavy atom. The molecule has 0 fully saturated rings. The minimum absolute atomic E-state index is 0.167. The van der Waals surface area contributed by atoms with Gasteiger partial charge in [0.05, 0.1) is 5.69 Å². The van der Waals surface area contributed by atoms with Crippen LogP contribution in [0.5, 0.6) is 0 Å². The van der Waals surface area contributed by atoms with Gasteiger partial charge < -0.3 is 15.4 Å². The van der Waals surface area contributed by atoms with Gasteiger partial charge in [0.1, 0.15) is 10.7 Å². The quantitative estimate of drug-likeness (QED) is 0.656. The van der Waals surface area contributed by atoms with E-state index in [1.165, 1.54) is 7.05 Å². The summed E-state index contributed by atoms with van der Waals surface area (Å²) in [6.07, 6.45) is 1.86. The molecule has 0 bridgehead atoms. The maximum absolute atomic E-state index is 12.3. The average molecular weight is 407 g/mol. The van der Waals surface area contributed by atoms with Crippen LogP contribution in [-0.4, -0.2) is 41.2 Å². The molecule has 2 amide bonds. The Hall–Kier alpha value is -2.87. The number of unbranched alkanes of at least 4 members (excludes halogenated alkanes) is 1. The lowest BCUT2D eigenvalue weighted by atomic mass is 10.2. The molecule has 1 heterocycles. The van der Waals surface area contributed by atoms with E-state index in [2.05, 4.69) is 15.7 Å². The molecule has 9 heteroatoms. The van der Waals surface area contributed by atoms with E-state index >= 15 is 0 Å². The number of carbonyl (C=O) groups excluding carboxylic acids is 3. The van der Waals surface area contributed by atoms with E-state index in [0.29, 0.717) is 23.5 Å². The van der Waals surface area contributed by atoms with Crippen molar-refractivity contribution >= 4 is 35.1 Å². The fraction of sp³-hybridized carbons (Fsp3) is 0.368. The summed E-state index contributed by atoms with van der Waals surface area (Å²) in [6, 6.07) is 6.33. The van der Waals surface area contributed by atoms with Gasteiger partial charge in [0.25, 0.3) is 11.8 Å². The zero-order chi connectivity index (χ0) is 20.7. The molecule has 0 atom stereocenters. The summed E-state index contributed by atoms with van der Waals surface area (Å²) in [5, 5.41) is 9.56. The van der Waals surface area contributed by atoms with Crippen LogP contribution in [0.4, 0.5) is 5.69 Å². The number of hydrogen-bond acceptors (Lipinski definition) is 5. The predicted molar refractivity (Wildman–Crippen MR) is 106 cm³/mol. The van der Waals surface area contributed by atoms with Gasteiger partial charge in [-0.25, -0.2) is 4.79 Å². The topological polar surface area (TPSA) is 102 Å². The lowest BCUT2D eigenvalue weighted by Gasteiger charge is -2.07. The molecule has 2 rings (SSSR count). The molecule has 0 radical (unpaired) electrons. The third-order valence-corrected chi connectivity index (χ3v) is 4.37. The van der Waals surface area contributed by atoms with E-state index in [4.69, 9.17) is 16.3 Å². The van der Waals surface area contributed by atoms with Gasteiger partial charge in [0.15, 0.2) is 6.61 Å². The number of amides is 2. The lowest BCUT2D eigenvalue weighted by Crippen LogP contribution is -2.21. The van der Waals surface area contributed by atoms with Crippen molar-refractivity contribution < 1.29 is 19.1 Å². The lowest BCUT2D eigenvalue weighted by molar-refractivity contribution is -0.119. The van der Waals surface area contributed by atoms with Crippen LogP contribution in [0, 0.1) is 6.92 Å². The average Bonchev–Trinajstić information content (AvgIpc) is 2.97. The highest BCUT2D eigenvalue weighted by molar-refractivity contribution is 6.32. The van der Waals surface area contributed by atoms with Crippen LogP contribution >= 0.6 is 11.6 Å². The van der Waals surface area contributed by atoms with Gasteiger partial charge in [-0.2, -0.15) is 5.10 Å². The Labute approximate surface area is 168 Å². The minimum Gasteiger partial charge on any atom is -0.452 e. The van der Waals surface area contributed by atoms with Gasteiger partial charge in [-0.1, -0.05) is 24.9 Å². The second kappa shape index (κ2) is 9.89. The highest BCUT2D eigenvalue weighted by Gasteiger charge is 2.22. The van der Waals surface area contributed by atoms with E-state index < -0.39 is 18.5 Å². The van der Waals surface area contributed by atoms with Crippen LogP contribution in [0.2, 0.25) is 5.15 Å². The molecule has 2 N–H and O–H groups in total. The Morgan fingerprint density at radius 1 is 1.21 bits per heavy atom. The van der Waals surface area contributed by atoms with Crippen molar-refractivity contribution in [2.24, 2.45) is 0 Å². The van der Waals surface area contributed by atoms with Crippen LogP contribution in [0.1, 0.15) is 46.2 Å². The monoisotopic (exact) mass is 406 g/mol. The van der Waals surface area contributed by atoms with Gasteiger partial charge in [-0.3, -0.25) is 14.3 Å². The molecule has 0 unspecified atom stereocenters. The van der Waals surface area contributed by atoms with Crippen LogP contribution in [-0.2, 0) is 16.1 Å². The number of aromatic nitrogens is 2. The van der Waals surface area contributed by atoms with E-state index in [0.717, 1.165) is 12.8 Å². The number of hydrogen-bond donors (Lipinski definition) is 2. The van der Waals surface area contributed by atoms with Gasteiger partial charge in [-0.05, 0) is 37.6 Å². The molecule has 28 heavy (non-hydrogen) atoms. The molecule has 0 aliphatic rings. The molecule has 8 nitrogen and oxygen atoms in total. The van der Waals surface area contributed by atoms with E-state index in [-0.39, 0.29) is 16.6 Å². The van der Waals surface area contributed by atoms with Crippen LogP contribution in [0.3, 0.4) is 0 Å². The molecular formula is C19H23ClN4O4. The van der Waals surface area contributed by atoms with Crippen LogP contribution < -0.4 is 10.6 Å². The van der Waals surface area contributed by atoms with Gasteiger partial charge in [-0.15, -0.1) is 0 Å². The normalized spacial score (nSPS) is 10.4. The summed E-state index contributed by atoms with van der Waals surface area (Å²) in [5.41, 5.74) is 1.57. The summed E-state index contributed by atoms with van der Waals surface area (Å²) < 4.78 is 6.63. The van der Waals surface area contributed by atoms with E-state index in [1.807, 2.05) is 6.92 Å². The smallest absolute Gasteiger partial charge is 0.343 e. The third-order valence-electron chi connectivity index (χ3n) is 3.99. The zero-order valence-corrected chi connectivity index (χ0v) is 16.8. The first-order chi connectivity index (χ1) is 13.4. The molecule has 150 valence electrons. The minimum atomic E-state index is -0.699. The van der Waals surface area contributed by atoms with Crippen LogP contribution in [0.15, 0.2) is 24.3 Å². The number of anilines is 1. The first-order valence-corrected chi connectivity index (χ1v) is 9.27. The standard InChI is InChI=1S/C19H23ClN4O4/c1-4-5-10-24-17(20)16(12(2)23-24)19(27)28-11-15(25)22-14-8-6-13(7-9-14)18(26)21-3/h6-9H,4-5,10-11H2,1-3H3,(H,21,26)(H,22,25). The first-order valence-electron chi connectivity index (χ1n) is 8.89. The Morgan fingerprint density at radius 3 is 2.50 bits per heavy atom. The Bertz CT molecular complexity index is 862. The van der Waals surface area contributed by atoms with Gasteiger partial charge in [0.2, 0.25) is 0 Å². The number of carbonyl (C=O) groups is 3. The summed E-state index contributed by atoms with van der Waals surface area (Å²) >= 11 is 6.22. The van der Waals surface area contributed by atoms with Crippen molar-refractivity contribution in [2.75, 3.05) is 19.0 Å². The molecule has 2 aromatic rings. The Balaban J connectivity index is 1.93. The van der Waals surface area contributed by atoms with E-state index in [9.17, 15) is 14.4 Å². The number of benzene rings is 1. The second-order valence-electron chi connectivity index (χ2n) is 6.11. The molecule has 0 spiro atoms. The molecule has 0 saturated heterocycles. The highest BCUT2D eigenvalue weighted by Crippen LogP contribution is 2.21. The predicted octanol–water partition coefficient (Wildman–Crippen LogP) is 2.80. The fourth-order valence-corrected chi connectivity index (χ4v) is 2.83. The molecule has 1 aromatic heterocycles. The summed E-state index contributed by atoms with van der Waals surface area (Å²) in [4.78, 5) is 35.8. The largest absolute Gasteiger partial charge is 0.452 e. The van der Waals surface area contributed by atoms with E-state index in [1.54, 1.807) is 35.9 Å². The third kappa shape index (κ3) is 5.32. The molecule has 0 aliphatic heterocycles. The van der Waals surface area contributed by atoms with Gasteiger partial charge >= 0.3 is 5.97 Å². The summed E-state index contributed by atoms with van der Waals surface area (Å²) in [7, 11) is 1.54. The number of nitrogens with zero attached hydrogens (tertiary/aromatic N) is 2. The molecule has 0 aliphatic carbocycles. The number of esters is 1. The molecule has 0 saturated carbocycles.